The zero-order valence-electron chi connectivity index (χ0n) is 17.4. The molecule has 1 saturated heterocycles. The molecular formula is C23H25F3N2O3. The zero-order chi connectivity index (χ0) is 22.5. The summed E-state index contributed by atoms with van der Waals surface area (Å²) in [6, 6.07) is 7.53. The Kier molecular flexibility index (Phi) is 7.20. The van der Waals surface area contributed by atoms with Crippen molar-refractivity contribution in [1.29, 1.82) is 0 Å². The number of hydrogen-bond acceptors (Lipinski definition) is 3. The van der Waals surface area contributed by atoms with Crippen LogP contribution in [-0.4, -0.2) is 41.9 Å². The molecule has 31 heavy (non-hydrogen) atoms. The van der Waals surface area contributed by atoms with E-state index >= 15 is 0 Å². The largest absolute Gasteiger partial charge is 0.487 e. The number of nitrogens with zero attached hydrogens (tertiary/aromatic N) is 1. The Labute approximate surface area is 179 Å². The number of carbonyl (C=O) groups excluding carboxylic acids is 2. The van der Waals surface area contributed by atoms with E-state index in [1.807, 2.05) is 13.8 Å². The van der Waals surface area contributed by atoms with Crippen LogP contribution in [-0.2, 0) is 4.79 Å². The molecule has 2 amide bonds. The highest BCUT2D eigenvalue weighted by Crippen LogP contribution is 2.23. The minimum absolute atomic E-state index is 0.0159. The van der Waals surface area contributed by atoms with Crippen molar-refractivity contribution in [2.75, 3.05) is 13.1 Å². The normalized spacial score (nSPS) is 15.6. The molecule has 1 aliphatic heterocycles. The molecule has 1 N–H and O–H groups in total. The molecule has 1 unspecified atom stereocenters. The van der Waals surface area contributed by atoms with E-state index < -0.39 is 29.4 Å². The predicted molar refractivity (Wildman–Crippen MR) is 109 cm³/mol. The van der Waals surface area contributed by atoms with Crippen LogP contribution in [0, 0.1) is 23.4 Å². The highest BCUT2D eigenvalue weighted by molar-refractivity contribution is 5.97. The van der Waals surface area contributed by atoms with Crippen molar-refractivity contribution in [3.63, 3.8) is 0 Å². The monoisotopic (exact) mass is 434 g/mol. The Bertz CT molecular complexity index is 926. The second-order valence-electron chi connectivity index (χ2n) is 7.92. The summed E-state index contributed by atoms with van der Waals surface area (Å²) in [5, 5.41) is 2.74. The number of hydrogen-bond donors (Lipinski definition) is 1. The third-order valence-electron chi connectivity index (χ3n) is 5.27. The van der Waals surface area contributed by atoms with Crippen LogP contribution in [0.1, 0.15) is 37.0 Å². The third kappa shape index (κ3) is 5.77. The molecule has 1 aliphatic rings. The van der Waals surface area contributed by atoms with E-state index in [0.29, 0.717) is 25.9 Å². The van der Waals surface area contributed by atoms with Crippen molar-refractivity contribution in [2.24, 2.45) is 5.92 Å². The lowest BCUT2D eigenvalue weighted by molar-refractivity contribution is -0.136. The van der Waals surface area contributed by atoms with Crippen molar-refractivity contribution < 1.29 is 27.5 Å². The molecule has 166 valence electrons. The molecule has 3 rings (SSSR count). The van der Waals surface area contributed by atoms with Gasteiger partial charge in [0, 0.05) is 37.6 Å². The van der Waals surface area contributed by atoms with Gasteiger partial charge in [-0.15, -0.1) is 0 Å². The molecule has 0 bridgehead atoms. The molecule has 0 spiro atoms. The summed E-state index contributed by atoms with van der Waals surface area (Å²) < 4.78 is 45.5. The lowest BCUT2D eigenvalue weighted by atomic mass is 9.99. The quantitative estimate of drug-likeness (QED) is 0.750. The van der Waals surface area contributed by atoms with E-state index in [2.05, 4.69) is 5.32 Å². The highest BCUT2D eigenvalue weighted by Gasteiger charge is 2.32. The number of likely N-dealkylation sites (tertiary alicyclic amines) is 1. The number of ether oxygens (including phenoxy) is 1. The van der Waals surface area contributed by atoms with E-state index in [-0.39, 0.29) is 29.2 Å². The van der Waals surface area contributed by atoms with Crippen LogP contribution < -0.4 is 10.1 Å². The van der Waals surface area contributed by atoms with Gasteiger partial charge in [-0.3, -0.25) is 9.59 Å². The standard InChI is InChI=1S/C23H25F3N2O3/c1-14(2)21(27-22(29)15-3-5-16(24)6-4-15)23(30)28-11-9-18(10-12-28)31-20-8-7-17(25)13-19(20)26/h3-8,13-14,18,21H,9-12H2,1-2H3,(H,27,29). The number of carbonyl (C=O) groups is 2. The van der Waals surface area contributed by atoms with Crippen LogP contribution >= 0.6 is 0 Å². The number of amides is 2. The number of rotatable bonds is 6. The third-order valence-corrected chi connectivity index (χ3v) is 5.27. The Morgan fingerprint density at radius 1 is 1.00 bits per heavy atom. The summed E-state index contributed by atoms with van der Waals surface area (Å²) in [5.74, 6) is -2.71. The van der Waals surface area contributed by atoms with Crippen molar-refractivity contribution in [3.05, 3.63) is 65.5 Å². The predicted octanol–water partition coefficient (Wildman–Crippen LogP) is 3.93. The average molecular weight is 434 g/mol. The molecule has 1 atom stereocenters. The summed E-state index contributed by atoms with van der Waals surface area (Å²) in [6.45, 7) is 4.45. The first kappa shape index (κ1) is 22.7. The van der Waals surface area contributed by atoms with E-state index in [1.165, 1.54) is 30.3 Å². The number of benzene rings is 2. The summed E-state index contributed by atoms with van der Waals surface area (Å²) >= 11 is 0. The molecule has 0 saturated carbocycles. The molecule has 5 nitrogen and oxygen atoms in total. The smallest absolute Gasteiger partial charge is 0.251 e. The van der Waals surface area contributed by atoms with Gasteiger partial charge in [0.25, 0.3) is 5.91 Å². The number of halogens is 3. The minimum atomic E-state index is -0.762. The number of nitrogens with one attached hydrogen (secondary N) is 1. The summed E-state index contributed by atoms with van der Waals surface area (Å²) in [7, 11) is 0. The summed E-state index contributed by atoms with van der Waals surface area (Å²) in [6.07, 6.45) is 0.675. The molecule has 1 fully saturated rings. The van der Waals surface area contributed by atoms with Gasteiger partial charge in [-0.25, -0.2) is 13.2 Å². The van der Waals surface area contributed by atoms with Crippen LogP contribution in [0.3, 0.4) is 0 Å². The van der Waals surface area contributed by atoms with Gasteiger partial charge >= 0.3 is 0 Å². The van der Waals surface area contributed by atoms with Gasteiger partial charge in [0.1, 0.15) is 23.8 Å². The Morgan fingerprint density at radius 2 is 1.61 bits per heavy atom. The van der Waals surface area contributed by atoms with E-state index in [4.69, 9.17) is 4.74 Å². The molecule has 1 heterocycles. The summed E-state index contributed by atoms with van der Waals surface area (Å²) in [4.78, 5) is 27.2. The first-order valence-electron chi connectivity index (χ1n) is 10.2. The van der Waals surface area contributed by atoms with Gasteiger partial charge in [-0.1, -0.05) is 13.8 Å². The van der Waals surface area contributed by atoms with Crippen molar-refractivity contribution in [3.8, 4) is 5.75 Å². The van der Waals surface area contributed by atoms with Crippen LogP contribution in [0.4, 0.5) is 13.2 Å². The fourth-order valence-corrected chi connectivity index (χ4v) is 3.48. The second-order valence-corrected chi connectivity index (χ2v) is 7.92. The van der Waals surface area contributed by atoms with Gasteiger partial charge in [0.15, 0.2) is 11.6 Å². The van der Waals surface area contributed by atoms with Gasteiger partial charge < -0.3 is 15.0 Å². The molecular weight excluding hydrogens is 409 g/mol. The molecule has 0 aromatic heterocycles. The first-order chi connectivity index (χ1) is 14.7. The maximum Gasteiger partial charge on any atom is 0.251 e. The van der Waals surface area contributed by atoms with E-state index in [1.54, 1.807) is 4.90 Å². The first-order valence-corrected chi connectivity index (χ1v) is 10.2. The van der Waals surface area contributed by atoms with Crippen LogP contribution in [0.5, 0.6) is 5.75 Å². The Morgan fingerprint density at radius 3 is 2.19 bits per heavy atom. The van der Waals surface area contributed by atoms with Crippen LogP contribution in [0.2, 0.25) is 0 Å². The molecule has 8 heteroatoms. The van der Waals surface area contributed by atoms with Gasteiger partial charge in [-0.2, -0.15) is 0 Å². The van der Waals surface area contributed by atoms with Crippen LogP contribution in [0.25, 0.3) is 0 Å². The van der Waals surface area contributed by atoms with Gasteiger partial charge in [0.2, 0.25) is 5.91 Å². The Balaban J connectivity index is 1.58. The number of piperidine rings is 1. The van der Waals surface area contributed by atoms with Crippen LogP contribution in [0.15, 0.2) is 42.5 Å². The molecule has 2 aromatic rings. The lowest BCUT2D eigenvalue weighted by Gasteiger charge is -2.35. The lowest BCUT2D eigenvalue weighted by Crippen LogP contribution is -2.53. The molecule has 0 radical (unpaired) electrons. The summed E-state index contributed by atoms with van der Waals surface area (Å²) in [5.41, 5.74) is 0.272. The van der Waals surface area contributed by atoms with Crippen molar-refractivity contribution in [2.45, 2.75) is 38.8 Å². The SMILES string of the molecule is CC(C)C(NC(=O)c1ccc(F)cc1)C(=O)N1CCC(Oc2ccc(F)cc2F)CC1. The van der Waals surface area contributed by atoms with E-state index in [9.17, 15) is 22.8 Å². The van der Waals surface area contributed by atoms with E-state index in [0.717, 1.165) is 12.1 Å². The van der Waals surface area contributed by atoms with Gasteiger partial charge in [0.05, 0.1) is 0 Å². The fourth-order valence-electron chi connectivity index (χ4n) is 3.48. The van der Waals surface area contributed by atoms with Crippen molar-refractivity contribution >= 4 is 11.8 Å². The molecule has 2 aromatic carbocycles. The minimum Gasteiger partial charge on any atom is -0.487 e. The average Bonchev–Trinajstić information content (AvgIpc) is 2.74. The maximum atomic E-state index is 13.8. The fraction of sp³-hybridized carbons (Fsp3) is 0.391. The Hall–Kier alpha value is -3.03. The maximum absolute atomic E-state index is 13.8. The van der Waals surface area contributed by atoms with Crippen molar-refractivity contribution in [1.82, 2.24) is 10.2 Å². The second kappa shape index (κ2) is 9.85. The topological polar surface area (TPSA) is 58.6 Å². The highest BCUT2D eigenvalue weighted by atomic mass is 19.1. The zero-order valence-corrected chi connectivity index (χ0v) is 17.4. The molecule has 0 aliphatic carbocycles. The van der Waals surface area contributed by atoms with Gasteiger partial charge in [-0.05, 0) is 42.3 Å².